The molecule has 17 heavy (non-hydrogen) atoms. The maximum atomic E-state index is 11.3. The van der Waals surface area contributed by atoms with E-state index in [1.54, 1.807) is 12.4 Å². The van der Waals surface area contributed by atoms with Crippen molar-refractivity contribution in [2.24, 2.45) is 5.41 Å². The maximum Gasteiger partial charge on any atom is 0.341 e. The van der Waals surface area contributed by atoms with Gasteiger partial charge in [-0.25, -0.2) is 14.8 Å². The van der Waals surface area contributed by atoms with E-state index >= 15 is 0 Å². The van der Waals surface area contributed by atoms with E-state index in [4.69, 9.17) is 0 Å². The van der Waals surface area contributed by atoms with Gasteiger partial charge in [-0.05, 0) is 18.3 Å². The fourth-order valence-electron chi connectivity index (χ4n) is 2.23. The molecule has 0 unspecified atom stereocenters. The molecule has 0 aliphatic heterocycles. The van der Waals surface area contributed by atoms with E-state index in [0.717, 1.165) is 18.7 Å². The van der Waals surface area contributed by atoms with Gasteiger partial charge in [0.15, 0.2) is 0 Å². The lowest BCUT2D eigenvalue weighted by atomic mass is 9.77. The Kier molecular flexibility index (Phi) is 2.68. The van der Waals surface area contributed by atoms with E-state index in [2.05, 4.69) is 35.5 Å². The van der Waals surface area contributed by atoms with Crippen LogP contribution in [0.3, 0.4) is 0 Å². The van der Waals surface area contributed by atoms with Gasteiger partial charge >= 0.3 is 5.97 Å². The average molecular weight is 234 g/mol. The van der Waals surface area contributed by atoms with E-state index in [1.165, 1.54) is 7.11 Å². The standard InChI is InChI=1S/C13H18N2O2/c1-12(2,3)13(5-6-13)11-14-7-9(8-15-11)10(16)17-4/h7-8H,5-6H2,1-4H3. The van der Waals surface area contributed by atoms with Crippen LogP contribution in [0.15, 0.2) is 12.4 Å². The van der Waals surface area contributed by atoms with Crippen LogP contribution < -0.4 is 0 Å². The van der Waals surface area contributed by atoms with Crippen LogP contribution in [-0.4, -0.2) is 23.0 Å². The van der Waals surface area contributed by atoms with Crippen LogP contribution in [0.25, 0.3) is 0 Å². The van der Waals surface area contributed by atoms with E-state index in [0.29, 0.717) is 5.56 Å². The first kappa shape index (κ1) is 12.0. The first-order valence-corrected chi connectivity index (χ1v) is 5.81. The Morgan fingerprint density at radius 1 is 1.29 bits per heavy atom. The highest BCUT2D eigenvalue weighted by Gasteiger charge is 2.55. The number of nitrogens with zero attached hydrogens (tertiary/aromatic N) is 2. The summed E-state index contributed by atoms with van der Waals surface area (Å²) in [5, 5.41) is 0. The molecule has 1 saturated carbocycles. The highest BCUT2D eigenvalue weighted by atomic mass is 16.5. The van der Waals surface area contributed by atoms with E-state index < -0.39 is 5.97 Å². The lowest BCUT2D eigenvalue weighted by Gasteiger charge is -2.29. The van der Waals surface area contributed by atoms with Crippen LogP contribution in [0.1, 0.15) is 49.8 Å². The monoisotopic (exact) mass is 234 g/mol. The molecule has 1 heterocycles. The zero-order chi connectivity index (χ0) is 12.7. The van der Waals surface area contributed by atoms with Crippen molar-refractivity contribution < 1.29 is 9.53 Å². The van der Waals surface area contributed by atoms with Gasteiger partial charge in [0.05, 0.1) is 12.7 Å². The average Bonchev–Trinajstić information content (AvgIpc) is 3.08. The van der Waals surface area contributed by atoms with E-state index in [-0.39, 0.29) is 10.8 Å². The van der Waals surface area contributed by atoms with Crippen molar-refractivity contribution in [3.63, 3.8) is 0 Å². The second-order valence-electron chi connectivity index (χ2n) is 5.62. The molecule has 0 bridgehead atoms. The number of hydrogen-bond acceptors (Lipinski definition) is 4. The third-order valence-corrected chi connectivity index (χ3v) is 3.69. The number of carbonyl (C=O) groups is 1. The summed E-state index contributed by atoms with van der Waals surface area (Å²) in [6.45, 7) is 6.62. The molecule has 0 aromatic carbocycles. The molecular weight excluding hydrogens is 216 g/mol. The Hall–Kier alpha value is -1.45. The number of carbonyl (C=O) groups excluding carboxylic acids is 1. The van der Waals surface area contributed by atoms with Crippen molar-refractivity contribution in [2.75, 3.05) is 7.11 Å². The molecule has 1 aromatic rings. The van der Waals surface area contributed by atoms with Crippen molar-refractivity contribution in [1.29, 1.82) is 0 Å². The Bertz CT molecular complexity index is 428. The first-order chi connectivity index (χ1) is 7.90. The Morgan fingerprint density at radius 2 is 1.82 bits per heavy atom. The number of ether oxygens (including phenoxy) is 1. The summed E-state index contributed by atoms with van der Waals surface area (Å²) in [7, 11) is 1.35. The summed E-state index contributed by atoms with van der Waals surface area (Å²) >= 11 is 0. The molecule has 0 N–H and O–H groups in total. The summed E-state index contributed by atoms with van der Waals surface area (Å²) < 4.78 is 4.63. The molecule has 0 radical (unpaired) electrons. The normalized spacial score (nSPS) is 17.6. The van der Waals surface area contributed by atoms with Crippen molar-refractivity contribution >= 4 is 5.97 Å². The molecule has 0 amide bonds. The van der Waals surface area contributed by atoms with Crippen LogP contribution in [0.2, 0.25) is 0 Å². The summed E-state index contributed by atoms with van der Waals surface area (Å²) in [5.74, 6) is 0.454. The lowest BCUT2D eigenvalue weighted by Crippen LogP contribution is -2.28. The van der Waals surface area contributed by atoms with Gasteiger partial charge in [-0.1, -0.05) is 20.8 Å². The van der Waals surface area contributed by atoms with Gasteiger partial charge in [-0.2, -0.15) is 0 Å². The maximum absolute atomic E-state index is 11.3. The van der Waals surface area contributed by atoms with Crippen LogP contribution in [-0.2, 0) is 10.2 Å². The van der Waals surface area contributed by atoms with E-state index in [9.17, 15) is 4.79 Å². The molecule has 0 atom stereocenters. The third-order valence-electron chi connectivity index (χ3n) is 3.69. The molecular formula is C13H18N2O2. The highest BCUT2D eigenvalue weighted by molar-refractivity contribution is 5.88. The lowest BCUT2D eigenvalue weighted by molar-refractivity contribution is 0.0599. The highest BCUT2D eigenvalue weighted by Crippen LogP contribution is 2.58. The predicted octanol–water partition coefficient (Wildman–Crippen LogP) is 2.34. The summed E-state index contributed by atoms with van der Waals surface area (Å²) in [6, 6.07) is 0. The first-order valence-electron chi connectivity index (χ1n) is 5.81. The largest absolute Gasteiger partial charge is 0.465 e. The van der Waals surface area contributed by atoms with Crippen molar-refractivity contribution in [1.82, 2.24) is 9.97 Å². The van der Waals surface area contributed by atoms with Crippen LogP contribution >= 0.6 is 0 Å². The molecule has 92 valence electrons. The minimum Gasteiger partial charge on any atom is -0.465 e. The zero-order valence-electron chi connectivity index (χ0n) is 10.8. The number of methoxy groups -OCH3 is 1. The fraction of sp³-hybridized carbons (Fsp3) is 0.615. The van der Waals surface area contributed by atoms with Crippen molar-refractivity contribution in [3.05, 3.63) is 23.8 Å². The zero-order valence-corrected chi connectivity index (χ0v) is 10.8. The number of rotatable bonds is 2. The molecule has 1 aromatic heterocycles. The molecule has 1 aliphatic carbocycles. The minimum absolute atomic E-state index is 0.0850. The fourth-order valence-corrected chi connectivity index (χ4v) is 2.23. The predicted molar refractivity (Wildman–Crippen MR) is 63.7 cm³/mol. The SMILES string of the molecule is COC(=O)c1cnc(C2(C(C)(C)C)CC2)nc1. The number of aromatic nitrogens is 2. The van der Waals surface area contributed by atoms with Crippen LogP contribution in [0, 0.1) is 5.41 Å². The Balaban J connectivity index is 2.28. The Labute approximate surface area is 101 Å². The van der Waals surface area contributed by atoms with Gasteiger partial charge in [0.1, 0.15) is 5.82 Å². The van der Waals surface area contributed by atoms with Crippen molar-refractivity contribution in [3.8, 4) is 0 Å². The van der Waals surface area contributed by atoms with Crippen LogP contribution in [0.5, 0.6) is 0 Å². The second kappa shape index (κ2) is 3.79. The summed E-state index contributed by atoms with van der Waals surface area (Å²) in [4.78, 5) is 20.0. The van der Waals surface area contributed by atoms with Gasteiger partial charge in [0, 0.05) is 17.8 Å². The van der Waals surface area contributed by atoms with Gasteiger partial charge in [0.2, 0.25) is 0 Å². The minimum atomic E-state index is -0.392. The molecule has 4 nitrogen and oxygen atoms in total. The molecule has 4 heteroatoms. The van der Waals surface area contributed by atoms with Crippen molar-refractivity contribution in [2.45, 2.75) is 39.0 Å². The molecule has 0 saturated heterocycles. The van der Waals surface area contributed by atoms with Gasteiger partial charge in [-0.15, -0.1) is 0 Å². The summed E-state index contributed by atoms with van der Waals surface area (Å²) in [6.07, 6.45) is 5.35. The van der Waals surface area contributed by atoms with Gasteiger partial charge < -0.3 is 4.74 Å². The van der Waals surface area contributed by atoms with E-state index in [1.807, 2.05) is 0 Å². The molecule has 1 fully saturated rings. The summed E-state index contributed by atoms with van der Waals surface area (Å²) in [5.41, 5.74) is 0.641. The topological polar surface area (TPSA) is 52.1 Å². The quantitative estimate of drug-likeness (QED) is 0.737. The smallest absolute Gasteiger partial charge is 0.341 e. The third kappa shape index (κ3) is 1.92. The number of hydrogen-bond donors (Lipinski definition) is 0. The molecule has 0 spiro atoms. The number of esters is 1. The van der Waals surface area contributed by atoms with Gasteiger partial charge in [0.25, 0.3) is 0 Å². The Morgan fingerprint density at radius 3 is 2.18 bits per heavy atom. The molecule has 1 aliphatic rings. The van der Waals surface area contributed by atoms with Gasteiger partial charge in [-0.3, -0.25) is 0 Å². The second-order valence-corrected chi connectivity index (χ2v) is 5.62. The molecule has 2 rings (SSSR count). The van der Waals surface area contributed by atoms with Crippen LogP contribution in [0.4, 0.5) is 0 Å².